The lowest BCUT2D eigenvalue weighted by Gasteiger charge is -2.43. The van der Waals surface area contributed by atoms with Crippen molar-refractivity contribution in [3.63, 3.8) is 0 Å². The van der Waals surface area contributed by atoms with Gasteiger partial charge in [-0.25, -0.2) is 0 Å². The number of rotatable bonds is 6. The molecule has 5 nitrogen and oxygen atoms in total. The number of ether oxygens (including phenoxy) is 1. The molecule has 17 heavy (non-hydrogen) atoms. The van der Waals surface area contributed by atoms with Crippen LogP contribution in [0.3, 0.4) is 0 Å². The lowest BCUT2D eigenvalue weighted by Crippen LogP contribution is -2.39. The molecule has 1 spiro atoms. The minimum absolute atomic E-state index is 0.519. The summed E-state index contributed by atoms with van der Waals surface area (Å²) < 4.78 is 5.61. The Balaban J connectivity index is 1.85. The Morgan fingerprint density at radius 1 is 1.53 bits per heavy atom. The molecule has 0 bridgehead atoms. The first-order valence-corrected chi connectivity index (χ1v) is 6.62. The van der Waals surface area contributed by atoms with Crippen LogP contribution in [0.15, 0.2) is 5.11 Å². The van der Waals surface area contributed by atoms with Crippen LogP contribution >= 0.6 is 0 Å². The topological polar surface area (TPSA) is 61.2 Å². The highest BCUT2D eigenvalue weighted by atomic mass is 16.5. The fourth-order valence-corrected chi connectivity index (χ4v) is 3.23. The van der Waals surface area contributed by atoms with Crippen LogP contribution in [0.25, 0.3) is 10.4 Å². The van der Waals surface area contributed by atoms with Gasteiger partial charge in [-0.2, -0.15) is 0 Å². The number of nitrogens with zero attached hydrogens (tertiary/aromatic N) is 4. The molecule has 96 valence electrons. The van der Waals surface area contributed by atoms with Gasteiger partial charge in [0.2, 0.25) is 0 Å². The lowest BCUT2D eigenvalue weighted by molar-refractivity contribution is 0.0223. The van der Waals surface area contributed by atoms with E-state index in [1.165, 1.54) is 25.8 Å². The quantitative estimate of drug-likeness (QED) is 0.405. The van der Waals surface area contributed by atoms with E-state index >= 15 is 0 Å². The van der Waals surface area contributed by atoms with Crippen LogP contribution in [0.2, 0.25) is 0 Å². The summed E-state index contributed by atoms with van der Waals surface area (Å²) in [6, 6.07) is 0. The molecule has 5 heteroatoms. The van der Waals surface area contributed by atoms with Crippen molar-refractivity contribution in [2.24, 2.45) is 16.4 Å². The van der Waals surface area contributed by atoms with Gasteiger partial charge in [0.15, 0.2) is 0 Å². The number of likely N-dealkylation sites (tertiary alicyclic amines) is 1. The predicted octanol–water partition coefficient (Wildman–Crippen LogP) is 2.44. The first-order valence-electron chi connectivity index (χ1n) is 6.62. The average molecular weight is 238 g/mol. The monoisotopic (exact) mass is 238 g/mol. The second kappa shape index (κ2) is 5.71. The van der Waals surface area contributed by atoms with Crippen molar-refractivity contribution in [2.45, 2.75) is 26.2 Å². The largest absolute Gasteiger partial charge is 0.381 e. The van der Waals surface area contributed by atoms with Gasteiger partial charge in [-0.3, -0.25) is 0 Å². The van der Waals surface area contributed by atoms with Gasteiger partial charge in [-0.05, 0) is 30.7 Å². The zero-order chi connectivity index (χ0) is 12.1. The molecule has 2 rings (SSSR count). The molecule has 1 aliphatic heterocycles. The minimum Gasteiger partial charge on any atom is -0.381 e. The van der Waals surface area contributed by atoms with E-state index in [2.05, 4.69) is 21.8 Å². The molecule has 2 aliphatic rings. The Bertz CT molecular complexity index is 297. The van der Waals surface area contributed by atoms with Crippen LogP contribution in [0, 0.1) is 11.3 Å². The summed E-state index contributed by atoms with van der Waals surface area (Å²) in [5, 5.41) is 3.62. The van der Waals surface area contributed by atoms with Crippen LogP contribution in [0.5, 0.6) is 0 Å². The van der Waals surface area contributed by atoms with Crippen LogP contribution < -0.4 is 0 Å². The normalized spacial score (nSPS) is 26.8. The van der Waals surface area contributed by atoms with Crippen LogP contribution in [-0.2, 0) is 4.74 Å². The second-order valence-electron chi connectivity index (χ2n) is 5.26. The van der Waals surface area contributed by atoms with Gasteiger partial charge in [0.05, 0.1) is 6.61 Å². The van der Waals surface area contributed by atoms with Crippen LogP contribution in [-0.4, -0.2) is 44.3 Å². The van der Waals surface area contributed by atoms with Crippen molar-refractivity contribution in [1.29, 1.82) is 0 Å². The summed E-state index contributed by atoms with van der Waals surface area (Å²) in [5.74, 6) is 0.683. The third-order valence-corrected chi connectivity index (χ3v) is 4.34. The van der Waals surface area contributed by atoms with Crippen LogP contribution in [0.1, 0.15) is 26.2 Å². The van der Waals surface area contributed by atoms with Gasteiger partial charge in [-0.1, -0.05) is 11.5 Å². The van der Waals surface area contributed by atoms with Gasteiger partial charge >= 0.3 is 0 Å². The standard InChI is InChI=1S/C12H22N4O/c1-2-17-9-11-8-16(7-6-14-15-13)10-12(11)4-3-5-12/h11H,2-10H2,1H3. The highest BCUT2D eigenvalue weighted by Gasteiger charge is 2.49. The predicted molar refractivity (Wildman–Crippen MR) is 66.7 cm³/mol. The molecule has 1 unspecified atom stereocenters. The average Bonchev–Trinajstić information content (AvgIpc) is 2.65. The third-order valence-electron chi connectivity index (χ3n) is 4.34. The highest BCUT2D eigenvalue weighted by molar-refractivity contribution is 5.01. The van der Waals surface area contributed by atoms with Gasteiger partial charge < -0.3 is 9.64 Å². The molecule has 1 heterocycles. The SMILES string of the molecule is CCOCC1CN(CCN=[N+]=[N-])CC12CCC2. The Morgan fingerprint density at radius 2 is 2.35 bits per heavy atom. The zero-order valence-corrected chi connectivity index (χ0v) is 10.6. The number of azide groups is 1. The summed E-state index contributed by atoms with van der Waals surface area (Å²) in [6.45, 7) is 7.54. The Kier molecular flexibility index (Phi) is 4.26. The van der Waals surface area contributed by atoms with Gasteiger partial charge in [-0.15, -0.1) is 0 Å². The van der Waals surface area contributed by atoms with E-state index < -0.39 is 0 Å². The van der Waals surface area contributed by atoms with E-state index in [-0.39, 0.29) is 0 Å². The minimum atomic E-state index is 0.519. The van der Waals surface area contributed by atoms with Crippen LogP contribution in [0.4, 0.5) is 0 Å². The Hall–Kier alpha value is -0.770. The van der Waals surface area contributed by atoms with Crippen molar-refractivity contribution in [1.82, 2.24) is 4.90 Å². The molecule has 0 radical (unpaired) electrons. The number of hydrogen-bond donors (Lipinski definition) is 0. The molecule has 1 saturated heterocycles. The van der Waals surface area contributed by atoms with E-state index in [9.17, 15) is 0 Å². The first-order chi connectivity index (χ1) is 8.30. The van der Waals surface area contributed by atoms with Crippen molar-refractivity contribution in [3.05, 3.63) is 10.4 Å². The molecule has 1 atom stereocenters. The van der Waals surface area contributed by atoms with Gasteiger partial charge in [0, 0.05) is 43.6 Å². The highest BCUT2D eigenvalue weighted by Crippen LogP contribution is 2.51. The Morgan fingerprint density at radius 3 is 2.94 bits per heavy atom. The summed E-state index contributed by atoms with van der Waals surface area (Å²) in [6.07, 6.45) is 4.07. The summed E-state index contributed by atoms with van der Waals surface area (Å²) in [5.41, 5.74) is 8.81. The maximum Gasteiger partial charge on any atom is 0.0512 e. The molecule has 0 aromatic heterocycles. The molecule has 1 aliphatic carbocycles. The molecular formula is C12H22N4O. The van der Waals surface area contributed by atoms with Crippen molar-refractivity contribution < 1.29 is 4.74 Å². The van der Waals surface area contributed by atoms with E-state index in [4.69, 9.17) is 10.3 Å². The molecule has 0 N–H and O–H groups in total. The molecular weight excluding hydrogens is 216 g/mol. The van der Waals surface area contributed by atoms with E-state index in [1.54, 1.807) is 0 Å². The molecule has 2 fully saturated rings. The third kappa shape index (κ3) is 2.73. The van der Waals surface area contributed by atoms with Crippen molar-refractivity contribution in [2.75, 3.05) is 39.4 Å². The van der Waals surface area contributed by atoms with Crippen molar-refractivity contribution >= 4 is 0 Å². The summed E-state index contributed by atoms with van der Waals surface area (Å²) in [7, 11) is 0. The fraction of sp³-hybridized carbons (Fsp3) is 1.00. The summed E-state index contributed by atoms with van der Waals surface area (Å²) in [4.78, 5) is 5.25. The molecule has 0 amide bonds. The first kappa shape index (κ1) is 12.7. The van der Waals surface area contributed by atoms with Crippen molar-refractivity contribution in [3.8, 4) is 0 Å². The Labute approximate surface area is 103 Å². The van der Waals surface area contributed by atoms with Gasteiger partial charge in [0.25, 0.3) is 0 Å². The van der Waals surface area contributed by atoms with E-state index in [0.29, 0.717) is 17.9 Å². The zero-order valence-electron chi connectivity index (χ0n) is 10.6. The van der Waals surface area contributed by atoms with E-state index in [0.717, 1.165) is 26.3 Å². The molecule has 1 saturated carbocycles. The number of hydrogen-bond acceptors (Lipinski definition) is 3. The molecule has 0 aromatic carbocycles. The van der Waals surface area contributed by atoms with Gasteiger partial charge in [0.1, 0.15) is 0 Å². The molecule has 0 aromatic rings. The maximum atomic E-state index is 8.29. The van der Waals surface area contributed by atoms with E-state index in [1.807, 2.05) is 0 Å². The fourth-order valence-electron chi connectivity index (χ4n) is 3.23. The maximum absolute atomic E-state index is 8.29. The smallest absolute Gasteiger partial charge is 0.0512 e. The summed E-state index contributed by atoms with van der Waals surface area (Å²) >= 11 is 0. The lowest BCUT2D eigenvalue weighted by atomic mass is 9.63. The second-order valence-corrected chi connectivity index (χ2v) is 5.26.